The molecule has 5 amide bonds. The summed E-state index contributed by atoms with van der Waals surface area (Å²) in [6.07, 6.45) is 15.2. The third-order valence-corrected chi connectivity index (χ3v) is 16.5. The summed E-state index contributed by atoms with van der Waals surface area (Å²) in [6, 6.07) is 30.1. The van der Waals surface area contributed by atoms with E-state index in [9.17, 15) is 32.4 Å². The van der Waals surface area contributed by atoms with E-state index in [0.29, 0.717) is 94.5 Å². The number of nitrogens with zero attached hydrogens (tertiary/aromatic N) is 5. The highest BCUT2D eigenvalue weighted by molar-refractivity contribution is 9.10. The maximum absolute atomic E-state index is 13.0. The van der Waals surface area contributed by atoms with Gasteiger partial charge in [-0.05, 0) is 130 Å². The average Bonchev–Trinajstić information content (AvgIpc) is 4.17. The fourth-order valence-electron chi connectivity index (χ4n) is 10.7. The van der Waals surface area contributed by atoms with Gasteiger partial charge < -0.3 is 48.3 Å². The van der Waals surface area contributed by atoms with E-state index < -0.39 is 10.1 Å². The first-order valence-electron chi connectivity index (χ1n) is 32.0. The van der Waals surface area contributed by atoms with Gasteiger partial charge in [0, 0.05) is 118 Å². The fraction of sp³-hybridized carbons (Fsp3) is 0.536. The van der Waals surface area contributed by atoms with Gasteiger partial charge in [0.05, 0.1) is 12.8 Å². The van der Waals surface area contributed by atoms with Crippen molar-refractivity contribution >= 4 is 67.0 Å². The fourth-order valence-corrected chi connectivity index (χ4v) is 11.5. The topological polar surface area (TPSA) is 210 Å². The Balaban J connectivity index is 0.000000243. The highest BCUT2D eigenvalue weighted by atomic mass is 79.9. The van der Waals surface area contributed by atoms with Crippen molar-refractivity contribution in [3.8, 4) is 5.75 Å². The lowest BCUT2D eigenvalue weighted by Gasteiger charge is -2.38. The molecule has 1 unspecified atom stereocenters. The Bertz CT molecular complexity index is 3040. The average molecular weight is 1310 g/mol. The van der Waals surface area contributed by atoms with E-state index in [0.717, 1.165) is 111 Å². The number of para-hydroxylation sites is 1. The third kappa shape index (κ3) is 26.4. The van der Waals surface area contributed by atoms with Crippen molar-refractivity contribution in [1.29, 1.82) is 0 Å². The number of carbonyl (C=O) groups excluding carboxylic acids is 5. The Hall–Kier alpha value is -6.61. The van der Waals surface area contributed by atoms with E-state index in [-0.39, 0.29) is 47.7 Å². The Morgan fingerprint density at radius 2 is 1.45 bits per heavy atom. The predicted molar refractivity (Wildman–Crippen MR) is 356 cm³/mol. The van der Waals surface area contributed by atoms with Crippen LogP contribution in [0.15, 0.2) is 112 Å². The number of oxazole rings is 1. The van der Waals surface area contributed by atoms with Gasteiger partial charge in [-0.3, -0.25) is 19.2 Å². The maximum atomic E-state index is 13.0. The molecule has 1 saturated carbocycles. The lowest BCUT2D eigenvalue weighted by Crippen LogP contribution is -2.50. The molecule has 0 radical (unpaired) electrons. The van der Waals surface area contributed by atoms with Crippen LogP contribution in [0.2, 0.25) is 0 Å². The summed E-state index contributed by atoms with van der Waals surface area (Å²) in [5, 5.41) is 5.80. The Morgan fingerprint density at radius 3 is 2.08 bits per heavy atom. The Kier molecular flexibility index (Phi) is 32.5. The summed E-state index contributed by atoms with van der Waals surface area (Å²) < 4.78 is 44.2. The molecule has 2 heterocycles. The first-order valence-corrected chi connectivity index (χ1v) is 34.7. The minimum Gasteiger partial charge on any atom is -0.446 e. The molecular weight excluding hydrogens is 1210 g/mol. The Morgan fingerprint density at radius 1 is 0.775 bits per heavy atom. The van der Waals surface area contributed by atoms with Gasteiger partial charge in [0.25, 0.3) is 11.8 Å². The molecule has 2 fully saturated rings. The summed E-state index contributed by atoms with van der Waals surface area (Å²) in [6.45, 7) is 22.3. The number of urea groups is 1. The molecule has 1 saturated heterocycles. The van der Waals surface area contributed by atoms with Gasteiger partial charge in [-0.1, -0.05) is 131 Å². The molecule has 1 aliphatic carbocycles. The first-order chi connectivity index (χ1) is 42.8. The summed E-state index contributed by atoms with van der Waals surface area (Å²) >= 11 is 3.40. The Labute approximate surface area is 538 Å². The van der Waals surface area contributed by atoms with Gasteiger partial charge in [0.1, 0.15) is 17.8 Å². The van der Waals surface area contributed by atoms with E-state index in [1.165, 1.54) is 31.2 Å². The molecule has 0 spiro atoms. The molecule has 89 heavy (non-hydrogen) atoms. The van der Waals surface area contributed by atoms with Crippen molar-refractivity contribution in [1.82, 2.24) is 25.0 Å². The van der Waals surface area contributed by atoms with Crippen molar-refractivity contribution in [2.75, 3.05) is 88.7 Å². The van der Waals surface area contributed by atoms with Crippen molar-refractivity contribution in [2.45, 2.75) is 145 Å². The maximum Gasteiger partial charge on any atom is 0.322 e. The zero-order valence-corrected chi connectivity index (χ0v) is 56.3. The number of carbonyl (C=O) groups is 5. The lowest BCUT2D eigenvalue weighted by atomic mass is 9.88. The van der Waals surface area contributed by atoms with Gasteiger partial charge in [0.15, 0.2) is 5.69 Å². The number of halogens is 1. The van der Waals surface area contributed by atoms with E-state index in [2.05, 4.69) is 100 Å². The number of Topliss-reactive ketones (excluding diaryl/α,β-unsaturated/α-hetero) is 1. The third-order valence-electron chi connectivity index (χ3n) is 15.5. The lowest BCUT2D eigenvalue weighted by molar-refractivity contribution is -0.136. The quantitative estimate of drug-likeness (QED) is 0.0313. The van der Waals surface area contributed by atoms with Gasteiger partial charge in [0.2, 0.25) is 11.8 Å². The number of ether oxygens (including phenoxy) is 2. The smallest absolute Gasteiger partial charge is 0.322 e. The molecule has 5 aromatic rings. The molecule has 0 bridgehead atoms. The first kappa shape index (κ1) is 73.1. The number of ketones is 1. The molecule has 1 aliphatic heterocycles. The number of aryl methyl sites for hydroxylation is 1. The number of anilines is 2. The number of hydrogen-bond donors (Lipinski definition) is 2. The van der Waals surface area contributed by atoms with E-state index in [1.807, 2.05) is 50.2 Å². The number of piperazine rings is 1. The van der Waals surface area contributed by atoms with Crippen molar-refractivity contribution in [3.05, 3.63) is 142 Å². The summed E-state index contributed by atoms with van der Waals surface area (Å²) in [5.74, 6) is 1.66. The minimum absolute atomic E-state index is 0.141. The van der Waals surface area contributed by atoms with Gasteiger partial charge in [-0.2, -0.15) is 8.42 Å². The standard InChI is InChI=1S/C26H40N2O2.C22H30BrN3O5.C21H28N2O4S/c1-3-5-9-22(4-2)25(29)20-21-12-14-24(15-13-21)27-16-18-28(19-17-27)26(30)23-10-7-6-8-11-23;1-3-29-12-6-10-24-21(27)19-16-31-20(25-19)15-26(11-7-13-30-4-2)22(28)17-8-5-9-18(23)14-17;1-5-18-8-6-7-9-20(18)22-21(24)23(14-16(2)3)15-17-10-12-19(13-11-17)27-28(4,25)26/h12-15,22-23H,3-11,16-20H2,1-2H3;5,8-9,14,16H,3-4,6-7,10-13,15H2,1-2H3,(H,24,27);6-13,16H,5,14-15H2,1-4H3,(H,22,24). The van der Waals surface area contributed by atoms with Crippen LogP contribution in [0.4, 0.5) is 16.2 Å². The number of hydrogen-bond acceptors (Lipinski definition) is 13. The van der Waals surface area contributed by atoms with Crippen molar-refractivity contribution in [2.24, 2.45) is 17.8 Å². The van der Waals surface area contributed by atoms with Crippen LogP contribution in [0.3, 0.4) is 0 Å². The van der Waals surface area contributed by atoms with E-state index in [4.69, 9.17) is 18.1 Å². The predicted octanol–water partition coefficient (Wildman–Crippen LogP) is 13.2. The summed E-state index contributed by atoms with van der Waals surface area (Å²) in [4.78, 5) is 75.7. The summed E-state index contributed by atoms with van der Waals surface area (Å²) in [5.41, 5.74) is 5.86. The number of unbranched alkanes of at least 4 members (excludes halogenated alkanes) is 1. The molecule has 4 aromatic carbocycles. The van der Waals surface area contributed by atoms with Crippen LogP contribution in [0.1, 0.15) is 163 Å². The number of benzene rings is 4. The van der Waals surface area contributed by atoms with Gasteiger partial charge >= 0.3 is 16.1 Å². The minimum atomic E-state index is -3.56. The zero-order chi connectivity index (χ0) is 64.6. The van der Waals surface area contributed by atoms with Crippen LogP contribution in [0.5, 0.6) is 5.75 Å². The van der Waals surface area contributed by atoms with Crippen molar-refractivity contribution in [3.63, 3.8) is 0 Å². The van der Waals surface area contributed by atoms with Crippen LogP contribution in [-0.2, 0) is 55.1 Å². The van der Waals surface area contributed by atoms with E-state index >= 15 is 0 Å². The van der Waals surface area contributed by atoms with Crippen LogP contribution in [0.25, 0.3) is 0 Å². The largest absolute Gasteiger partial charge is 0.446 e. The molecule has 2 aliphatic rings. The zero-order valence-electron chi connectivity index (χ0n) is 53.9. The number of rotatable bonds is 31. The second kappa shape index (κ2) is 39.5. The molecule has 1 atom stereocenters. The van der Waals surface area contributed by atoms with Crippen LogP contribution in [-0.4, -0.2) is 136 Å². The molecule has 20 heteroatoms. The highest BCUT2D eigenvalue weighted by Gasteiger charge is 2.29. The number of aromatic nitrogens is 1. The van der Waals surface area contributed by atoms with Gasteiger partial charge in [-0.15, -0.1) is 0 Å². The monoisotopic (exact) mass is 1310 g/mol. The molecule has 488 valence electrons. The number of amides is 5. The highest BCUT2D eigenvalue weighted by Crippen LogP contribution is 2.28. The normalized spacial score (nSPS) is 13.7. The molecule has 2 N–H and O–H groups in total. The van der Waals surface area contributed by atoms with Crippen LogP contribution >= 0.6 is 15.9 Å². The van der Waals surface area contributed by atoms with Gasteiger partial charge in [-0.25, -0.2) is 9.78 Å². The molecular formula is C69H98BrN7O11S. The molecule has 18 nitrogen and oxygen atoms in total. The van der Waals surface area contributed by atoms with Crippen LogP contribution < -0.4 is 19.7 Å². The van der Waals surface area contributed by atoms with E-state index in [1.54, 1.807) is 46.2 Å². The summed E-state index contributed by atoms with van der Waals surface area (Å²) in [7, 11) is -3.56. The molecule has 1 aromatic heterocycles. The molecule has 7 rings (SSSR count). The SMILES string of the molecule is CCCCC(CC)C(=O)Cc1ccc(N2CCN(C(=O)C3CCCCC3)CC2)cc1.CCOCCCNC(=O)c1coc(CN(CCCOCC)C(=O)c2cccc(Br)c2)n1.CCc1ccccc1NC(=O)N(Cc1ccc(OS(C)(=O)=O)cc1)CC(C)C. The van der Waals surface area contributed by atoms with Crippen LogP contribution in [0, 0.1) is 17.8 Å². The number of nitrogens with one attached hydrogen (secondary N) is 2. The van der Waals surface area contributed by atoms with Crippen molar-refractivity contribution < 1.29 is 50.5 Å². The second-order valence-corrected chi connectivity index (χ2v) is 25.6. The second-order valence-electron chi connectivity index (χ2n) is 23.1.